The number of alkyl halides is 2. The van der Waals surface area contributed by atoms with Gasteiger partial charge in [-0.2, -0.15) is 8.78 Å². The zero-order chi connectivity index (χ0) is 31.8. The predicted molar refractivity (Wildman–Crippen MR) is 147 cm³/mol. The molecule has 4 aromatic carbocycles. The van der Waals surface area contributed by atoms with Crippen LogP contribution in [0.15, 0.2) is 72.8 Å². The van der Waals surface area contributed by atoms with Crippen molar-refractivity contribution in [2.75, 3.05) is 0 Å². The summed E-state index contributed by atoms with van der Waals surface area (Å²) in [4.78, 5) is 0. The van der Waals surface area contributed by atoms with Crippen molar-refractivity contribution in [3.8, 4) is 28.0 Å². The molecule has 0 N–H and O–H groups in total. The van der Waals surface area contributed by atoms with E-state index in [0.29, 0.717) is 37.0 Å². The van der Waals surface area contributed by atoms with Gasteiger partial charge in [-0.3, -0.25) is 0 Å². The van der Waals surface area contributed by atoms with Gasteiger partial charge in [-0.1, -0.05) is 24.3 Å². The number of benzene rings is 4. The Morgan fingerprint density at radius 2 is 1.18 bits per heavy atom. The van der Waals surface area contributed by atoms with Crippen LogP contribution in [-0.2, 0) is 6.11 Å². The molecule has 230 valence electrons. The van der Waals surface area contributed by atoms with Crippen LogP contribution < -0.4 is 4.74 Å². The molecule has 0 bridgehead atoms. The first-order valence-electron chi connectivity index (χ1n) is 13.8. The van der Waals surface area contributed by atoms with Crippen molar-refractivity contribution in [3.05, 3.63) is 125 Å². The van der Waals surface area contributed by atoms with Crippen LogP contribution >= 0.6 is 0 Å². The Balaban J connectivity index is 1.35. The van der Waals surface area contributed by atoms with Crippen LogP contribution in [0.3, 0.4) is 0 Å². The Morgan fingerprint density at radius 3 is 1.75 bits per heavy atom. The Morgan fingerprint density at radius 1 is 0.636 bits per heavy atom. The third kappa shape index (κ3) is 6.34. The third-order valence-corrected chi connectivity index (χ3v) is 7.82. The van der Waals surface area contributed by atoms with Crippen molar-refractivity contribution < 1.29 is 44.3 Å². The fourth-order valence-electron chi connectivity index (χ4n) is 5.64. The van der Waals surface area contributed by atoms with Gasteiger partial charge >= 0.3 is 6.11 Å². The van der Waals surface area contributed by atoms with Gasteiger partial charge in [0.1, 0.15) is 34.6 Å². The molecule has 44 heavy (non-hydrogen) atoms. The smallest absolute Gasteiger partial charge is 0.429 e. The van der Waals surface area contributed by atoms with E-state index >= 15 is 8.78 Å². The zero-order valence-corrected chi connectivity index (χ0v) is 23.2. The molecule has 0 radical (unpaired) electrons. The molecule has 0 heterocycles. The van der Waals surface area contributed by atoms with E-state index < -0.39 is 58.1 Å². The molecule has 0 unspecified atom stereocenters. The summed E-state index contributed by atoms with van der Waals surface area (Å²) in [5.41, 5.74) is -2.27. The highest BCUT2D eigenvalue weighted by molar-refractivity contribution is 5.72. The molecular weight excluding hydrogens is 595 g/mol. The van der Waals surface area contributed by atoms with E-state index in [4.69, 9.17) is 0 Å². The lowest BCUT2D eigenvalue weighted by atomic mass is 9.78. The van der Waals surface area contributed by atoms with Gasteiger partial charge in [0.25, 0.3) is 0 Å². The van der Waals surface area contributed by atoms with E-state index in [9.17, 15) is 30.7 Å². The number of halogens is 9. The largest absolute Gasteiger partial charge is 0.432 e. The molecule has 0 atom stereocenters. The lowest BCUT2D eigenvalue weighted by molar-refractivity contribution is -0.189. The highest BCUT2D eigenvalue weighted by Crippen LogP contribution is 2.41. The maximum absolute atomic E-state index is 15.0. The molecule has 0 aliphatic heterocycles. The van der Waals surface area contributed by atoms with E-state index in [2.05, 4.69) is 10.8 Å². The summed E-state index contributed by atoms with van der Waals surface area (Å²) in [6.45, 7) is 1.91. The summed E-state index contributed by atoms with van der Waals surface area (Å²) in [5, 5.41) is 0. The van der Waals surface area contributed by atoms with Crippen molar-refractivity contribution in [2.24, 2.45) is 5.92 Å². The van der Waals surface area contributed by atoms with Crippen molar-refractivity contribution in [1.82, 2.24) is 0 Å². The van der Waals surface area contributed by atoms with E-state index in [0.717, 1.165) is 49.2 Å². The number of hydrogen-bond donors (Lipinski definition) is 0. The first-order chi connectivity index (χ1) is 20.9. The minimum atomic E-state index is -4.50. The number of ether oxygens (including phenoxy) is 1. The maximum Gasteiger partial charge on any atom is 0.432 e. The summed E-state index contributed by atoms with van der Waals surface area (Å²) >= 11 is 0. The Labute approximate surface area is 247 Å². The monoisotopic (exact) mass is 620 g/mol. The summed E-state index contributed by atoms with van der Waals surface area (Å²) in [6.07, 6.45) is 2.45. The molecule has 1 aliphatic carbocycles. The van der Waals surface area contributed by atoms with Gasteiger partial charge in [-0.25, -0.2) is 30.7 Å². The average Bonchev–Trinajstić information content (AvgIpc) is 2.95. The van der Waals surface area contributed by atoms with Crippen LogP contribution in [0.5, 0.6) is 5.75 Å². The lowest BCUT2D eigenvalue weighted by Gasteiger charge is -2.28. The van der Waals surface area contributed by atoms with E-state index in [1.165, 1.54) is 6.07 Å². The summed E-state index contributed by atoms with van der Waals surface area (Å²) in [7, 11) is 0. The van der Waals surface area contributed by atoms with Gasteiger partial charge in [0, 0.05) is 17.2 Å². The molecule has 5 rings (SSSR count). The van der Waals surface area contributed by atoms with Crippen LogP contribution in [0.2, 0.25) is 0 Å². The SMILES string of the molecule is C/C=C/C1CCC(c2cc(F)c(C(F)(F)Oc3ccc(-c4ccc(-c5cc(F)c(F)c(F)c5)c(F)c4)c(F)c3)c(F)c2)CC1. The van der Waals surface area contributed by atoms with Crippen molar-refractivity contribution in [2.45, 2.75) is 44.6 Å². The third-order valence-electron chi connectivity index (χ3n) is 7.82. The van der Waals surface area contributed by atoms with Crippen LogP contribution in [-0.4, -0.2) is 0 Å². The molecule has 0 spiro atoms. The van der Waals surface area contributed by atoms with E-state index in [1.54, 1.807) is 0 Å². The highest BCUT2D eigenvalue weighted by atomic mass is 19.3. The number of allylic oxidation sites excluding steroid dienone is 2. The first kappa shape index (κ1) is 31.2. The van der Waals surface area contributed by atoms with Crippen LogP contribution in [0, 0.1) is 46.6 Å². The molecule has 0 amide bonds. The molecular formula is C34H25F9O. The standard InChI is InChI=1S/C34H25F9O/c1-2-3-18-4-6-19(7-5-18)21-13-28(37)32(29(38)14-21)34(42,43)44-23-9-11-24(27(36)17-23)20-8-10-25(26(35)12-20)22-15-30(39)33(41)31(40)16-22/h2-3,8-19H,4-7H2,1H3/b3-2+. The van der Waals surface area contributed by atoms with Gasteiger partial charge in [0.2, 0.25) is 0 Å². The fraction of sp³-hybridized carbons (Fsp3) is 0.235. The van der Waals surface area contributed by atoms with E-state index in [1.807, 2.05) is 13.0 Å². The fourth-order valence-corrected chi connectivity index (χ4v) is 5.64. The Hall–Kier alpha value is -4.21. The minimum Gasteiger partial charge on any atom is -0.429 e. The van der Waals surface area contributed by atoms with Gasteiger partial charge in [0.05, 0.1) is 0 Å². The summed E-state index contributed by atoms with van der Waals surface area (Å²) < 4.78 is 135. The van der Waals surface area contributed by atoms with Gasteiger partial charge in [-0.15, -0.1) is 0 Å². The quantitative estimate of drug-likeness (QED) is 0.114. The Kier molecular flexibility index (Phi) is 8.81. The van der Waals surface area contributed by atoms with Crippen molar-refractivity contribution >= 4 is 0 Å². The molecule has 0 aromatic heterocycles. The van der Waals surface area contributed by atoms with Gasteiger partial charge < -0.3 is 4.74 Å². The molecule has 1 aliphatic rings. The van der Waals surface area contributed by atoms with Crippen molar-refractivity contribution in [3.63, 3.8) is 0 Å². The average molecular weight is 621 g/mol. The molecule has 4 aromatic rings. The van der Waals surface area contributed by atoms with Crippen LogP contribution in [0.25, 0.3) is 22.3 Å². The first-order valence-corrected chi connectivity index (χ1v) is 13.8. The van der Waals surface area contributed by atoms with Crippen LogP contribution in [0.4, 0.5) is 39.5 Å². The maximum atomic E-state index is 15.0. The predicted octanol–water partition coefficient (Wildman–Crippen LogP) is 11.0. The number of hydrogen-bond acceptors (Lipinski definition) is 1. The second-order valence-corrected chi connectivity index (χ2v) is 10.7. The molecule has 1 nitrogen and oxygen atoms in total. The Bertz CT molecular complexity index is 1680. The second kappa shape index (κ2) is 12.4. The second-order valence-electron chi connectivity index (χ2n) is 10.7. The lowest BCUT2D eigenvalue weighted by Crippen LogP contribution is -2.25. The van der Waals surface area contributed by atoms with Crippen LogP contribution in [0.1, 0.15) is 49.7 Å². The summed E-state index contributed by atoms with van der Waals surface area (Å²) in [6, 6.07) is 8.53. The highest BCUT2D eigenvalue weighted by Gasteiger charge is 2.41. The molecule has 1 saturated carbocycles. The van der Waals surface area contributed by atoms with Crippen molar-refractivity contribution in [1.29, 1.82) is 0 Å². The van der Waals surface area contributed by atoms with E-state index in [-0.39, 0.29) is 33.7 Å². The normalized spacial score (nSPS) is 17.3. The zero-order valence-electron chi connectivity index (χ0n) is 23.2. The number of rotatable bonds is 7. The summed E-state index contributed by atoms with van der Waals surface area (Å²) in [5.74, 6) is -10.5. The topological polar surface area (TPSA) is 9.23 Å². The molecule has 0 saturated heterocycles. The minimum absolute atomic E-state index is 0.0717. The molecule has 10 heteroatoms. The van der Waals surface area contributed by atoms with Gasteiger partial charge in [-0.05, 0) is 104 Å². The van der Waals surface area contributed by atoms with Gasteiger partial charge in [0.15, 0.2) is 17.5 Å². The molecule has 1 fully saturated rings.